The van der Waals surface area contributed by atoms with Gasteiger partial charge in [0.15, 0.2) is 0 Å². The Morgan fingerprint density at radius 3 is 0.944 bits per heavy atom. The second-order valence-corrected chi connectivity index (χ2v) is 3.39. The Labute approximate surface area is 123 Å². The molecule has 0 spiro atoms. The van der Waals surface area contributed by atoms with Gasteiger partial charge in [-0.05, 0) is 24.3 Å². The monoisotopic (exact) mass is 384 g/mol. The van der Waals surface area contributed by atoms with Gasteiger partial charge in [-0.1, -0.05) is 12.1 Å². The highest BCUT2D eigenvalue weighted by atomic mass is 127. The molecule has 0 saturated heterocycles. The lowest BCUT2D eigenvalue weighted by molar-refractivity contribution is 0.381. The van der Waals surface area contributed by atoms with E-state index in [4.69, 9.17) is 17.5 Å². The summed E-state index contributed by atoms with van der Waals surface area (Å²) in [6.07, 6.45) is 7.00. The smallest absolute Gasteiger partial charge is 0.265 e. The van der Waals surface area contributed by atoms with Crippen molar-refractivity contribution in [1.29, 1.82) is 0 Å². The van der Waals surface area contributed by atoms with Crippen molar-refractivity contribution in [3.05, 3.63) is 61.2 Å². The maximum atomic E-state index is 8.74. The zero-order valence-corrected chi connectivity index (χ0v) is 12.3. The molecule has 0 unspecified atom stereocenters. The molecule has 18 heavy (non-hydrogen) atoms. The second-order valence-electron chi connectivity index (χ2n) is 2.50. The van der Waals surface area contributed by atoms with Crippen molar-refractivity contribution in [1.82, 2.24) is 9.97 Å². The minimum Gasteiger partial charge on any atom is -0.265 e. The fraction of sp³-hybridized carbons (Fsp3) is 0. The minimum atomic E-state index is -4.67. The lowest BCUT2D eigenvalue weighted by Crippen LogP contribution is -1.89. The van der Waals surface area contributed by atoms with Gasteiger partial charge in [-0.25, -0.2) is 0 Å². The van der Waals surface area contributed by atoms with Crippen molar-refractivity contribution in [2.24, 2.45) is 0 Å². The van der Waals surface area contributed by atoms with Gasteiger partial charge in [0.2, 0.25) is 0 Å². The maximum Gasteiger partial charge on any atom is 0.394 e. The molecule has 2 aromatic heterocycles. The van der Waals surface area contributed by atoms with Crippen LogP contribution in [0.15, 0.2) is 61.2 Å². The van der Waals surface area contributed by atoms with Gasteiger partial charge in [-0.15, -0.1) is 24.0 Å². The van der Waals surface area contributed by atoms with Gasteiger partial charge in [0.25, 0.3) is 0 Å². The molecule has 0 bridgehead atoms. The fourth-order valence-electron chi connectivity index (χ4n) is 0.625. The van der Waals surface area contributed by atoms with E-state index in [2.05, 4.69) is 9.97 Å². The van der Waals surface area contributed by atoms with Crippen LogP contribution in [0.5, 0.6) is 0 Å². The van der Waals surface area contributed by atoms with Crippen LogP contribution in [-0.4, -0.2) is 27.5 Å². The normalized spacial score (nSPS) is 8.56. The molecule has 6 nitrogen and oxygen atoms in total. The zero-order chi connectivity index (χ0) is 13.0. The van der Waals surface area contributed by atoms with Crippen LogP contribution in [-0.2, 0) is 10.4 Å². The molecular weight excluding hydrogens is 371 g/mol. The number of rotatable bonds is 0. The van der Waals surface area contributed by atoms with E-state index in [-0.39, 0.29) is 24.0 Å². The first-order valence-electron chi connectivity index (χ1n) is 4.40. The lowest BCUT2D eigenvalue weighted by atomic mass is 10.5. The van der Waals surface area contributed by atoms with Gasteiger partial charge in [0.05, 0.1) is 0 Å². The molecule has 0 fully saturated rings. The van der Waals surface area contributed by atoms with Gasteiger partial charge in [0.1, 0.15) is 0 Å². The molecule has 100 valence electrons. The summed E-state index contributed by atoms with van der Waals surface area (Å²) in [5.74, 6) is 0. The Hall–Kier alpha value is -1.10. The molecule has 0 saturated carbocycles. The van der Waals surface area contributed by atoms with Crippen molar-refractivity contribution in [2.75, 3.05) is 0 Å². The van der Waals surface area contributed by atoms with Crippen LogP contribution >= 0.6 is 24.0 Å². The molecule has 0 radical (unpaired) electrons. The summed E-state index contributed by atoms with van der Waals surface area (Å²) in [6.45, 7) is 0. The van der Waals surface area contributed by atoms with Gasteiger partial charge < -0.3 is 0 Å². The van der Waals surface area contributed by atoms with E-state index in [1.54, 1.807) is 24.8 Å². The molecule has 2 heterocycles. The Kier molecular flexibility index (Phi) is 13.2. The summed E-state index contributed by atoms with van der Waals surface area (Å²) in [5, 5.41) is 0. The Balaban J connectivity index is 0. The van der Waals surface area contributed by atoms with E-state index in [9.17, 15) is 0 Å². The van der Waals surface area contributed by atoms with Crippen LogP contribution in [0.1, 0.15) is 0 Å². The first-order valence-corrected chi connectivity index (χ1v) is 5.79. The molecule has 0 atom stereocenters. The third-order valence-corrected chi connectivity index (χ3v) is 1.13. The van der Waals surface area contributed by atoms with Crippen LogP contribution in [0.2, 0.25) is 0 Å². The third kappa shape index (κ3) is 24.2. The van der Waals surface area contributed by atoms with Gasteiger partial charge in [0, 0.05) is 24.8 Å². The van der Waals surface area contributed by atoms with Crippen molar-refractivity contribution in [3.63, 3.8) is 0 Å². The Morgan fingerprint density at radius 1 is 0.667 bits per heavy atom. The Bertz CT molecular complexity index is 375. The molecule has 8 heteroatoms. The van der Waals surface area contributed by atoms with Gasteiger partial charge >= 0.3 is 10.4 Å². The average Bonchev–Trinajstić information content (AvgIpc) is 2.32. The number of aromatic nitrogens is 2. The van der Waals surface area contributed by atoms with Crippen LogP contribution in [0.4, 0.5) is 0 Å². The molecule has 2 rings (SSSR count). The summed E-state index contributed by atoms with van der Waals surface area (Å²) < 4.78 is 31.6. The quantitative estimate of drug-likeness (QED) is 0.533. The van der Waals surface area contributed by atoms with E-state index < -0.39 is 10.4 Å². The van der Waals surface area contributed by atoms with Crippen LogP contribution in [0.3, 0.4) is 0 Å². The molecule has 0 aromatic carbocycles. The summed E-state index contributed by atoms with van der Waals surface area (Å²) in [7, 11) is -4.67. The van der Waals surface area contributed by atoms with Gasteiger partial charge in [-0.2, -0.15) is 8.42 Å². The number of hydrogen-bond donors (Lipinski definition) is 2. The number of hydrogen-bond acceptors (Lipinski definition) is 4. The predicted octanol–water partition coefficient (Wildman–Crippen LogP) is 2.13. The molecule has 0 aliphatic rings. The van der Waals surface area contributed by atoms with Crippen LogP contribution in [0.25, 0.3) is 0 Å². The third-order valence-electron chi connectivity index (χ3n) is 1.13. The fourth-order valence-corrected chi connectivity index (χ4v) is 0.625. The highest BCUT2D eigenvalue weighted by Crippen LogP contribution is 1.74. The molecule has 2 aromatic rings. The van der Waals surface area contributed by atoms with Crippen LogP contribution < -0.4 is 0 Å². The number of halogens is 1. The predicted molar refractivity (Wildman–Crippen MR) is 78.1 cm³/mol. The highest BCUT2D eigenvalue weighted by molar-refractivity contribution is 14.0. The van der Waals surface area contributed by atoms with Crippen molar-refractivity contribution in [3.8, 4) is 0 Å². The topological polar surface area (TPSA) is 100 Å². The summed E-state index contributed by atoms with van der Waals surface area (Å²) in [6, 6.07) is 11.4. The first kappa shape index (κ1) is 19.2. The lowest BCUT2D eigenvalue weighted by Gasteiger charge is -1.70. The standard InChI is InChI=1S/2C5H5N.HI.H2O4S/c2*1-2-4-6-5-3-1;;1-5(2,3)4/h2*1-5H;1H;(H2,1,2,3,4). The van der Waals surface area contributed by atoms with E-state index in [1.165, 1.54) is 0 Å². The minimum absolute atomic E-state index is 0. The van der Waals surface area contributed by atoms with E-state index in [0.717, 1.165) is 0 Å². The van der Waals surface area contributed by atoms with E-state index in [0.29, 0.717) is 0 Å². The van der Waals surface area contributed by atoms with Gasteiger partial charge in [-0.3, -0.25) is 19.1 Å². The maximum absolute atomic E-state index is 8.74. The van der Waals surface area contributed by atoms with E-state index >= 15 is 0 Å². The molecule has 0 amide bonds. The van der Waals surface area contributed by atoms with Crippen molar-refractivity contribution >= 4 is 34.4 Å². The van der Waals surface area contributed by atoms with Crippen molar-refractivity contribution in [2.45, 2.75) is 0 Å². The number of nitrogens with zero attached hydrogens (tertiary/aromatic N) is 2. The van der Waals surface area contributed by atoms with Crippen LogP contribution in [0, 0.1) is 0 Å². The van der Waals surface area contributed by atoms with Crippen molar-refractivity contribution < 1.29 is 17.5 Å². The molecule has 0 aliphatic carbocycles. The molecule has 0 aliphatic heterocycles. The summed E-state index contributed by atoms with van der Waals surface area (Å²) in [5.41, 5.74) is 0. The molecular formula is C10H13IN2O4S. The Morgan fingerprint density at radius 2 is 0.889 bits per heavy atom. The summed E-state index contributed by atoms with van der Waals surface area (Å²) >= 11 is 0. The highest BCUT2D eigenvalue weighted by Gasteiger charge is 1.84. The molecule has 2 N–H and O–H groups in total. The zero-order valence-electron chi connectivity index (χ0n) is 9.20. The first-order chi connectivity index (χ1) is 8.00. The SMILES string of the molecule is I.O=S(=O)(O)O.c1ccncc1.c1ccncc1. The average molecular weight is 384 g/mol. The second kappa shape index (κ2) is 12.4. The van der Waals surface area contributed by atoms with E-state index in [1.807, 2.05) is 36.4 Å². The largest absolute Gasteiger partial charge is 0.394 e. The number of pyridine rings is 2. The summed E-state index contributed by atoms with van der Waals surface area (Å²) in [4.78, 5) is 7.57.